The monoisotopic (exact) mass is 355 g/mol. The Morgan fingerprint density at radius 3 is 2.12 bits per heavy atom. The number of rotatable bonds is 2. The maximum atomic E-state index is 12.2. The van der Waals surface area contributed by atoms with E-state index >= 15 is 0 Å². The van der Waals surface area contributed by atoms with Crippen molar-refractivity contribution in [2.24, 2.45) is 0 Å². The van der Waals surface area contributed by atoms with Crippen molar-refractivity contribution in [3.05, 3.63) is 87.3 Å². The van der Waals surface area contributed by atoms with Gasteiger partial charge >= 0.3 is 0 Å². The number of aromatic nitrogens is 1. The molecular weight excluding hydrogens is 346 g/mol. The minimum absolute atomic E-state index is 0.108. The number of hydrogen-bond acceptors (Lipinski definition) is 8. The van der Waals surface area contributed by atoms with Crippen molar-refractivity contribution in [3.63, 3.8) is 0 Å². The molecule has 0 bridgehead atoms. The van der Waals surface area contributed by atoms with E-state index in [0.29, 0.717) is 4.88 Å². The van der Waals surface area contributed by atoms with Gasteiger partial charge in [-0.1, -0.05) is 0 Å². The maximum absolute atomic E-state index is 12.2. The van der Waals surface area contributed by atoms with Crippen LogP contribution < -0.4 is 27.1 Å². The zero-order valence-electron chi connectivity index (χ0n) is 12.7. The third kappa shape index (κ3) is 2.72. The minimum Gasteiger partial charge on any atom is -0.503 e. The van der Waals surface area contributed by atoms with Crippen molar-refractivity contribution in [3.8, 4) is 26.6 Å². The molecule has 0 unspecified atom stereocenters. The molecule has 7 nitrogen and oxygen atoms in total. The molecule has 0 spiro atoms. The molecule has 1 N–H and O–H groups in total. The third-order valence-corrected chi connectivity index (χ3v) is 4.69. The van der Waals surface area contributed by atoms with Crippen molar-refractivity contribution in [2.75, 3.05) is 0 Å². The lowest BCUT2D eigenvalue weighted by Crippen LogP contribution is -2.46. The molecule has 1 aromatic carbocycles. The molecule has 0 saturated heterocycles. The van der Waals surface area contributed by atoms with Crippen LogP contribution in [0.4, 0.5) is 0 Å². The topological polar surface area (TPSA) is 118 Å². The molecule has 0 saturated carbocycles. The van der Waals surface area contributed by atoms with Crippen LogP contribution in [0, 0.1) is 6.92 Å². The quantitative estimate of drug-likeness (QED) is 0.651. The average Bonchev–Trinajstić information content (AvgIpc) is 3.06. The first-order valence-corrected chi connectivity index (χ1v) is 7.81. The van der Waals surface area contributed by atoms with Crippen LogP contribution in [0.25, 0.3) is 20.9 Å². The summed E-state index contributed by atoms with van der Waals surface area (Å²) in [4.78, 5) is 63.5. The van der Waals surface area contributed by atoms with Gasteiger partial charge < -0.3 is 5.11 Å². The molecule has 2 aromatic heterocycles. The number of pyridine rings is 1. The highest BCUT2D eigenvalue weighted by atomic mass is 32.1. The summed E-state index contributed by atoms with van der Waals surface area (Å²) in [5.41, 5.74) is -7.10. The number of aryl methyl sites for hydroxylation is 1. The predicted octanol–water partition coefficient (Wildman–Crippen LogP) is 0.168. The molecule has 2 heterocycles. The highest BCUT2D eigenvalue weighted by molar-refractivity contribution is 7.18. The Kier molecular flexibility index (Phi) is 3.97. The molecule has 25 heavy (non-hydrogen) atoms. The summed E-state index contributed by atoms with van der Waals surface area (Å²) in [6.07, 6.45) is 1.60. The van der Waals surface area contributed by atoms with Crippen molar-refractivity contribution in [2.45, 2.75) is 6.92 Å². The van der Waals surface area contributed by atoms with Gasteiger partial charge in [0, 0.05) is 21.6 Å². The summed E-state index contributed by atoms with van der Waals surface area (Å²) in [6.45, 7) is 1.80. The molecule has 8 heteroatoms. The lowest BCUT2D eigenvalue weighted by Gasteiger charge is -1.98. The largest absolute Gasteiger partial charge is 0.503 e. The number of thiophene rings is 1. The highest BCUT2D eigenvalue weighted by Crippen LogP contribution is 2.34. The summed E-state index contributed by atoms with van der Waals surface area (Å²) >= 11 is 1.03. The molecule has 0 radical (unpaired) electrons. The first-order valence-electron chi connectivity index (χ1n) is 6.99. The van der Waals surface area contributed by atoms with Crippen molar-refractivity contribution in [1.82, 2.24) is 4.98 Å². The van der Waals surface area contributed by atoms with E-state index in [0.717, 1.165) is 22.6 Å². The molecule has 3 rings (SSSR count). The standard InChI is InChI=1S/C17H9NO6S/c1-7-6-8(4-5-18-7)9-2-3-10(25-9)11-12(19)14(21)16(23)17(24)15(22)13(11)20/h2-6,19H,1H3. The van der Waals surface area contributed by atoms with E-state index in [1.54, 1.807) is 31.3 Å². The summed E-state index contributed by atoms with van der Waals surface area (Å²) in [7, 11) is 0. The van der Waals surface area contributed by atoms with Crippen LogP contribution in [0.2, 0.25) is 0 Å². The molecule has 0 fully saturated rings. The van der Waals surface area contributed by atoms with Gasteiger partial charge in [-0.05, 0) is 36.8 Å². The fourth-order valence-corrected chi connectivity index (χ4v) is 3.35. The van der Waals surface area contributed by atoms with Gasteiger partial charge in [-0.15, -0.1) is 11.3 Å². The van der Waals surface area contributed by atoms with E-state index in [1.165, 1.54) is 6.07 Å². The minimum atomic E-state index is -1.74. The van der Waals surface area contributed by atoms with Crippen molar-refractivity contribution >= 4 is 11.3 Å². The van der Waals surface area contributed by atoms with E-state index < -0.39 is 38.5 Å². The van der Waals surface area contributed by atoms with Gasteiger partial charge in [0.1, 0.15) is 0 Å². The number of aromatic hydroxyl groups is 1. The normalized spacial score (nSPS) is 10.8. The first kappa shape index (κ1) is 16.6. The van der Waals surface area contributed by atoms with Crippen LogP contribution in [0.3, 0.4) is 0 Å². The van der Waals surface area contributed by atoms with Crippen LogP contribution in [0.1, 0.15) is 5.69 Å². The zero-order valence-corrected chi connectivity index (χ0v) is 13.5. The van der Waals surface area contributed by atoms with Crippen LogP contribution >= 0.6 is 11.3 Å². The van der Waals surface area contributed by atoms with Gasteiger partial charge in [-0.3, -0.25) is 29.0 Å². The second-order valence-electron chi connectivity index (χ2n) is 5.22. The van der Waals surface area contributed by atoms with Gasteiger partial charge in [0.2, 0.25) is 5.43 Å². The summed E-state index contributed by atoms with van der Waals surface area (Å²) < 4.78 is 0. The number of nitrogens with zero attached hydrogens (tertiary/aromatic N) is 1. The van der Waals surface area contributed by atoms with Crippen molar-refractivity contribution < 1.29 is 5.11 Å². The number of hydrogen-bond donors (Lipinski definition) is 1. The Labute approximate surface area is 142 Å². The van der Waals surface area contributed by atoms with Crippen LogP contribution in [0.5, 0.6) is 5.75 Å². The van der Waals surface area contributed by atoms with Gasteiger partial charge in [0.05, 0.1) is 5.56 Å². The highest BCUT2D eigenvalue weighted by Gasteiger charge is 2.20. The van der Waals surface area contributed by atoms with Crippen LogP contribution in [-0.4, -0.2) is 10.1 Å². The average molecular weight is 355 g/mol. The summed E-state index contributed by atoms with van der Waals surface area (Å²) in [5, 5.41) is 9.95. The summed E-state index contributed by atoms with van der Waals surface area (Å²) in [5.74, 6) is -1.19. The van der Waals surface area contributed by atoms with E-state index in [1.807, 2.05) is 0 Å². The van der Waals surface area contributed by atoms with E-state index in [4.69, 9.17) is 0 Å². The molecule has 3 aromatic rings. The fourth-order valence-electron chi connectivity index (χ4n) is 2.31. The molecule has 0 aliphatic carbocycles. The Balaban J connectivity index is 2.34. The second kappa shape index (κ2) is 5.99. The fraction of sp³-hybridized carbons (Fsp3) is 0.0588. The second-order valence-corrected chi connectivity index (χ2v) is 6.30. The van der Waals surface area contributed by atoms with E-state index in [2.05, 4.69) is 4.98 Å². The SMILES string of the molecule is Cc1cc(-c2ccc(-c3c(O)c(=O)c(=O)c(=O)c(=O)c3=O)s2)ccn1. The molecule has 0 amide bonds. The molecule has 124 valence electrons. The van der Waals surface area contributed by atoms with Gasteiger partial charge in [0.15, 0.2) is 5.75 Å². The van der Waals surface area contributed by atoms with Gasteiger partial charge in [-0.2, -0.15) is 0 Å². The third-order valence-electron chi connectivity index (χ3n) is 3.54. The lowest BCUT2D eigenvalue weighted by molar-refractivity contribution is 0.472. The van der Waals surface area contributed by atoms with Crippen LogP contribution in [-0.2, 0) is 0 Å². The van der Waals surface area contributed by atoms with Crippen molar-refractivity contribution in [1.29, 1.82) is 0 Å². The van der Waals surface area contributed by atoms with Crippen LogP contribution in [0.15, 0.2) is 54.4 Å². The molecule has 0 atom stereocenters. The Morgan fingerprint density at radius 2 is 1.44 bits per heavy atom. The lowest BCUT2D eigenvalue weighted by atomic mass is 10.2. The molecule has 0 aliphatic heterocycles. The zero-order chi connectivity index (χ0) is 18.3. The van der Waals surface area contributed by atoms with E-state index in [9.17, 15) is 29.1 Å². The Hall–Kier alpha value is -3.26. The molecule has 0 aliphatic rings. The maximum Gasteiger partial charge on any atom is 0.281 e. The predicted molar refractivity (Wildman–Crippen MR) is 93.1 cm³/mol. The smallest absolute Gasteiger partial charge is 0.281 e. The first-order chi connectivity index (χ1) is 11.8. The molecular formula is C17H9NO6S. The Morgan fingerprint density at radius 1 is 0.840 bits per heavy atom. The van der Waals surface area contributed by atoms with Gasteiger partial charge in [-0.25, -0.2) is 0 Å². The van der Waals surface area contributed by atoms with E-state index in [-0.39, 0.29) is 4.88 Å². The summed E-state index contributed by atoms with van der Waals surface area (Å²) in [6, 6.07) is 6.59. The Bertz CT molecular complexity index is 1270. The van der Waals surface area contributed by atoms with Gasteiger partial charge in [0.25, 0.3) is 21.7 Å².